The van der Waals surface area contributed by atoms with Crippen LogP contribution in [0.1, 0.15) is 5.56 Å². The van der Waals surface area contributed by atoms with E-state index in [0.717, 1.165) is 11.1 Å². The molecule has 0 saturated carbocycles. The Labute approximate surface area is 145 Å². The van der Waals surface area contributed by atoms with Gasteiger partial charge in [-0.3, -0.25) is 0 Å². The Morgan fingerprint density at radius 2 is 1.76 bits per heavy atom. The Balaban J connectivity index is 1.57. The van der Waals surface area contributed by atoms with Crippen molar-refractivity contribution in [2.45, 2.75) is 18.4 Å². The first-order valence-electron chi connectivity index (χ1n) is 7.52. The van der Waals surface area contributed by atoms with Gasteiger partial charge in [0.25, 0.3) is 0 Å². The van der Waals surface area contributed by atoms with Gasteiger partial charge in [0, 0.05) is 5.56 Å². The van der Waals surface area contributed by atoms with E-state index >= 15 is 0 Å². The highest BCUT2D eigenvalue weighted by Gasteiger charge is 2.08. The lowest BCUT2D eigenvalue weighted by Gasteiger charge is -2.06. The predicted molar refractivity (Wildman–Crippen MR) is 91.3 cm³/mol. The Hall–Kier alpha value is -2.78. The molecule has 0 amide bonds. The van der Waals surface area contributed by atoms with Crippen molar-refractivity contribution in [1.29, 1.82) is 0 Å². The molecule has 130 valence electrons. The SMILES string of the molecule is Cc1ccc(-c2nnn(CCOc3ccc(S(N)(=O)=O)cc3)n2)cc1. The van der Waals surface area contributed by atoms with Gasteiger partial charge in [0.1, 0.15) is 12.4 Å². The van der Waals surface area contributed by atoms with E-state index < -0.39 is 10.0 Å². The molecule has 8 nitrogen and oxygen atoms in total. The molecule has 0 fully saturated rings. The van der Waals surface area contributed by atoms with Crippen molar-refractivity contribution in [1.82, 2.24) is 20.2 Å². The predicted octanol–water partition coefficient (Wildman–Crippen LogP) is 1.37. The van der Waals surface area contributed by atoms with Gasteiger partial charge in [0.05, 0.1) is 11.4 Å². The summed E-state index contributed by atoms with van der Waals surface area (Å²) in [5.74, 6) is 1.09. The molecule has 0 spiro atoms. The molecular formula is C16H17N5O3S. The summed E-state index contributed by atoms with van der Waals surface area (Å²) in [6, 6.07) is 13.8. The van der Waals surface area contributed by atoms with Crippen LogP contribution in [-0.4, -0.2) is 35.2 Å². The maximum Gasteiger partial charge on any atom is 0.238 e. The molecule has 25 heavy (non-hydrogen) atoms. The van der Waals surface area contributed by atoms with E-state index in [1.807, 2.05) is 31.2 Å². The molecule has 9 heteroatoms. The standard InChI is InChI=1S/C16H17N5O3S/c1-12-2-4-13(5-3-12)16-18-20-21(19-16)10-11-24-14-6-8-15(9-7-14)25(17,22)23/h2-9H,10-11H2,1H3,(H2,17,22,23). The number of aromatic nitrogens is 4. The summed E-state index contributed by atoms with van der Waals surface area (Å²) < 4.78 is 27.9. The minimum Gasteiger partial charge on any atom is -0.492 e. The molecule has 0 unspecified atom stereocenters. The number of nitrogens with two attached hydrogens (primary N) is 1. The lowest BCUT2D eigenvalue weighted by atomic mass is 10.1. The summed E-state index contributed by atoms with van der Waals surface area (Å²) >= 11 is 0. The van der Waals surface area contributed by atoms with Crippen LogP contribution in [-0.2, 0) is 16.6 Å². The Kier molecular flexibility index (Phi) is 4.77. The smallest absolute Gasteiger partial charge is 0.238 e. The summed E-state index contributed by atoms with van der Waals surface area (Å²) in [5.41, 5.74) is 2.06. The van der Waals surface area contributed by atoms with Crippen LogP contribution in [0, 0.1) is 6.92 Å². The van der Waals surface area contributed by atoms with Gasteiger partial charge in [-0.15, -0.1) is 10.2 Å². The van der Waals surface area contributed by atoms with Gasteiger partial charge in [-0.2, -0.15) is 4.80 Å². The average Bonchev–Trinajstić information content (AvgIpc) is 3.04. The fourth-order valence-electron chi connectivity index (χ4n) is 2.13. The summed E-state index contributed by atoms with van der Waals surface area (Å²) in [5, 5.41) is 17.4. The molecule has 0 saturated heterocycles. The topological polar surface area (TPSA) is 113 Å². The second kappa shape index (κ2) is 6.99. The molecule has 2 aromatic carbocycles. The first-order chi connectivity index (χ1) is 11.9. The zero-order valence-corrected chi connectivity index (χ0v) is 14.3. The first-order valence-corrected chi connectivity index (χ1v) is 9.07. The van der Waals surface area contributed by atoms with Gasteiger partial charge >= 0.3 is 0 Å². The molecule has 3 rings (SSSR count). The minimum atomic E-state index is -3.70. The third-order valence-corrected chi connectivity index (χ3v) is 4.40. The molecule has 0 aliphatic rings. The van der Waals surface area contributed by atoms with E-state index in [2.05, 4.69) is 15.4 Å². The van der Waals surface area contributed by atoms with E-state index in [4.69, 9.17) is 9.88 Å². The molecule has 0 bridgehead atoms. The highest BCUT2D eigenvalue weighted by Crippen LogP contribution is 2.15. The van der Waals surface area contributed by atoms with Gasteiger partial charge in [0.2, 0.25) is 15.8 Å². The van der Waals surface area contributed by atoms with Crippen molar-refractivity contribution >= 4 is 10.0 Å². The maximum absolute atomic E-state index is 11.2. The molecule has 1 aromatic heterocycles. The number of benzene rings is 2. The maximum atomic E-state index is 11.2. The van der Waals surface area contributed by atoms with Crippen LogP contribution in [0.15, 0.2) is 53.4 Å². The summed E-state index contributed by atoms with van der Waals surface area (Å²) in [6.45, 7) is 2.75. The number of hydrogen-bond donors (Lipinski definition) is 1. The first kappa shape index (κ1) is 17.1. The normalized spacial score (nSPS) is 11.4. The van der Waals surface area contributed by atoms with Crippen LogP contribution in [0.3, 0.4) is 0 Å². The summed E-state index contributed by atoms with van der Waals surface area (Å²) in [7, 11) is -3.70. The minimum absolute atomic E-state index is 0.0422. The Morgan fingerprint density at radius 1 is 1.08 bits per heavy atom. The van der Waals surface area contributed by atoms with Crippen LogP contribution in [0.5, 0.6) is 5.75 Å². The van der Waals surface area contributed by atoms with Crippen LogP contribution in [0.2, 0.25) is 0 Å². The molecule has 0 aliphatic heterocycles. The van der Waals surface area contributed by atoms with Crippen LogP contribution < -0.4 is 9.88 Å². The van der Waals surface area contributed by atoms with E-state index in [1.54, 1.807) is 12.1 Å². The van der Waals surface area contributed by atoms with Crippen molar-refractivity contribution < 1.29 is 13.2 Å². The Morgan fingerprint density at radius 3 is 2.40 bits per heavy atom. The Bertz CT molecular complexity index is 950. The fraction of sp³-hybridized carbons (Fsp3) is 0.188. The third-order valence-electron chi connectivity index (χ3n) is 3.47. The second-order valence-electron chi connectivity index (χ2n) is 5.44. The quantitative estimate of drug-likeness (QED) is 0.711. The van der Waals surface area contributed by atoms with Gasteiger partial charge in [-0.25, -0.2) is 13.6 Å². The number of aryl methyl sites for hydroxylation is 1. The van der Waals surface area contributed by atoms with Crippen molar-refractivity contribution in [3.63, 3.8) is 0 Å². The van der Waals surface area contributed by atoms with E-state index in [-0.39, 0.29) is 4.90 Å². The van der Waals surface area contributed by atoms with Crippen LogP contribution in [0.4, 0.5) is 0 Å². The molecular weight excluding hydrogens is 342 g/mol. The number of sulfonamides is 1. The van der Waals surface area contributed by atoms with Crippen molar-refractivity contribution in [2.75, 3.05) is 6.61 Å². The van der Waals surface area contributed by atoms with E-state index in [9.17, 15) is 8.42 Å². The number of tetrazole rings is 1. The van der Waals surface area contributed by atoms with E-state index in [0.29, 0.717) is 24.7 Å². The second-order valence-corrected chi connectivity index (χ2v) is 7.00. The molecule has 0 aliphatic carbocycles. The van der Waals surface area contributed by atoms with Crippen molar-refractivity contribution in [2.24, 2.45) is 5.14 Å². The summed E-state index contributed by atoms with van der Waals surface area (Å²) in [4.78, 5) is 1.49. The highest BCUT2D eigenvalue weighted by atomic mass is 32.2. The monoisotopic (exact) mass is 359 g/mol. The van der Waals surface area contributed by atoms with Gasteiger partial charge < -0.3 is 4.74 Å². The molecule has 2 N–H and O–H groups in total. The van der Waals surface area contributed by atoms with Crippen molar-refractivity contribution in [3.8, 4) is 17.1 Å². The van der Waals surface area contributed by atoms with Gasteiger partial charge in [0.15, 0.2) is 0 Å². The number of rotatable bonds is 6. The molecule has 0 atom stereocenters. The molecule has 1 heterocycles. The number of nitrogens with zero attached hydrogens (tertiary/aromatic N) is 4. The fourth-order valence-corrected chi connectivity index (χ4v) is 2.64. The lowest BCUT2D eigenvalue weighted by Crippen LogP contribution is -2.12. The average molecular weight is 359 g/mol. The number of hydrogen-bond acceptors (Lipinski definition) is 6. The molecule has 0 radical (unpaired) electrons. The lowest BCUT2D eigenvalue weighted by molar-refractivity contribution is 0.280. The van der Waals surface area contributed by atoms with Crippen molar-refractivity contribution in [3.05, 3.63) is 54.1 Å². The largest absolute Gasteiger partial charge is 0.492 e. The highest BCUT2D eigenvalue weighted by molar-refractivity contribution is 7.89. The van der Waals surface area contributed by atoms with Gasteiger partial charge in [-0.1, -0.05) is 29.8 Å². The zero-order chi connectivity index (χ0) is 17.9. The van der Waals surface area contributed by atoms with Crippen LogP contribution >= 0.6 is 0 Å². The zero-order valence-electron chi connectivity index (χ0n) is 13.5. The number of primary sulfonamides is 1. The number of ether oxygens (including phenoxy) is 1. The van der Waals surface area contributed by atoms with Crippen LogP contribution in [0.25, 0.3) is 11.4 Å². The summed E-state index contributed by atoms with van der Waals surface area (Å²) in [6.07, 6.45) is 0. The van der Waals surface area contributed by atoms with E-state index in [1.165, 1.54) is 16.9 Å². The van der Waals surface area contributed by atoms with Gasteiger partial charge in [-0.05, 0) is 36.4 Å². The third kappa shape index (κ3) is 4.40. The molecule has 3 aromatic rings.